The highest BCUT2D eigenvalue weighted by Crippen LogP contribution is 2.32. The Labute approximate surface area is 107 Å². The number of aliphatic hydroxyl groups is 1. The summed E-state index contributed by atoms with van der Waals surface area (Å²) in [5.41, 5.74) is -0.0635. The summed E-state index contributed by atoms with van der Waals surface area (Å²) in [6.07, 6.45) is -4.43. The van der Waals surface area contributed by atoms with E-state index in [1.165, 1.54) is 24.3 Å². The lowest BCUT2D eigenvalue weighted by Gasteiger charge is -2.09. The monoisotopic (exact) mass is 270 g/mol. The Balaban J connectivity index is 2.45. The van der Waals surface area contributed by atoms with E-state index in [2.05, 4.69) is 0 Å². The van der Waals surface area contributed by atoms with Crippen molar-refractivity contribution in [2.45, 2.75) is 12.8 Å². The van der Waals surface area contributed by atoms with Crippen LogP contribution in [0.25, 0.3) is 11.1 Å². The van der Waals surface area contributed by atoms with Crippen LogP contribution in [0.3, 0.4) is 0 Å². The van der Waals surface area contributed by atoms with Crippen molar-refractivity contribution in [1.82, 2.24) is 0 Å². The van der Waals surface area contributed by atoms with Crippen molar-refractivity contribution in [2.75, 3.05) is 0 Å². The van der Waals surface area contributed by atoms with Crippen molar-refractivity contribution in [3.05, 3.63) is 59.4 Å². The van der Waals surface area contributed by atoms with Crippen LogP contribution in [0.15, 0.2) is 42.5 Å². The average Bonchev–Trinajstić information content (AvgIpc) is 2.38. The molecule has 0 saturated heterocycles. The molecule has 0 aliphatic carbocycles. The smallest absolute Gasteiger partial charge is 0.392 e. The molecule has 0 radical (unpaired) electrons. The Morgan fingerprint density at radius 1 is 0.947 bits per heavy atom. The zero-order chi connectivity index (χ0) is 14.0. The number of hydrogen-bond acceptors (Lipinski definition) is 1. The van der Waals surface area contributed by atoms with Crippen molar-refractivity contribution in [3.8, 4) is 11.1 Å². The minimum absolute atomic E-state index is 0.107. The van der Waals surface area contributed by atoms with Crippen molar-refractivity contribution in [2.24, 2.45) is 0 Å². The molecule has 1 N–H and O–H groups in total. The van der Waals surface area contributed by atoms with Gasteiger partial charge in [0.05, 0.1) is 12.2 Å². The highest BCUT2D eigenvalue weighted by molar-refractivity contribution is 5.64. The first-order valence-corrected chi connectivity index (χ1v) is 5.49. The lowest BCUT2D eigenvalue weighted by atomic mass is 10.0. The number of halogens is 4. The van der Waals surface area contributed by atoms with E-state index in [0.717, 1.165) is 18.2 Å². The first-order chi connectivity index (χ1) is 8.91. The molecule has 0 aliphatic rings. The van der Waals surface area contributed by atoms with Gasteiger partial charge in [0.2, 0.25) is 0 Å². The highest BCUT2D eigenvalue weighted by atomic mass is 19.4. The number of rotatable bonds is 2. The molecule has 5 heteroatoms. The van der Waals surface area contributed by atoms with Gasteiger partial charge in [0.1, 0.15) is 5.82 Å². The van der Waals surface area contributed by atoms with Gasteiger partial charge in [0.15, 0.2) is 0 Å². The minimum Gasteiger partial charge on any atom is -0.392 e. The van der Waals surface area contributed by atoms with Gasteiger partial charge in [-0.25, -0.2) is 4.39 Å². The van der Waals surface area contributed by atoms with Crippen LogP contribution in [0.1, 0.15) is 11.1 Å². The Morgan fingerprint density at radius 2 is 1.63 bits per heavy atom. The van der Waals surface area contributed by atoms with Gasteiger partial charge >= 0.3 is 6.18 Å². The van der Waals surface area contributed by atoms with Gasteiger partial charge in [-0.15, -0.1) is 0 Å². The summed E-state index contributed by atoms with van der Waals surface area (Å²) in [6, 6.07) is 8.62. The van der Waals surface area contributed by atoms with Gasteiger partial charge in [-0.1, -0.05) is 24.3 Å². The molecule has 1 nitrogen and oxygen atoms in total. The molecule has 2 rings (SSSR count). The Hall–Kier alpha value is -1.88. The van der Waals surface area contributed by atoms with Crippen molar-refractivity contribution >= 4 is 0 Å². The maximum atomic E-state index is 13.5. The molecule has 0 atom stereocenters. The first kappa shape index (κ1) is 13.5. The van der Waals surface area contributed by atoms with Crippen molar-refractivity contribution in [1.29, 1.82) is 0 Å². The minimum atomic E-state index is -4.43. The third kappa shape index (κ3) is 2.93. The fourth-order valence-corrected chi connectivity index (χ4v) is 1.73. The Kier molecular flexibility index (Phi) is 3.57. The normalized spacial score (nSPS) is 11.6. The predicted molar refractivity (Wildman–Crippen MR) is 62.8 cm³/mol. The molecule has 100 valence electrons. The predicted octanol–water partition coefficient (Wildman–Crippen LogP) is 4.00. The molecule has 0 unspecified atom stereocenters. The molecule has 0 fully saturated rings. The van der Waals surface area contributed by atoms with Gasteiger partial charge in [-0.3, -0.25) is 0 Å². The van der Waals surface area contributed by atoms with E-state index in [1.807, 2.05) is 0 Å². The third-order valence-corrected chi connectivity index (χ3v) is 2.75. The number of benzene rings is 2. The lowest BCUT2D eigenvalue weighted by molar-refractivity contribution is -0.137. The molecular formula is C14H10F4O. The van der Waals surface area contributed by atoms with Gasteiger partial charge in [0.25, 0.3) is 0 Å². The summed E-state index contributed by atoms with van der Waals surface area (Å²) >= 11 is 0. The van der Waals surface area contributed by atoms with E-state index in [4.69, 9.17) is 5.11 Å². The second kappa shape index (κ2) is 5.01. The first-order valence-electron chi connectivity index (χ1n) is 5.49. The van der Waals surface area contributed by atoms with Crippen LogP contribution in [0.2, 0.25) is 0 Å². The molecule has 0 bridgehead atoms. The fourth-order valence-electron chi connectivity index (χ4n) is 1.73. The van der Waals surface area contributed by atoms with E-state index < -0.39 is 24.2 Å². The standard InChI is InChI=1S/C14H10F4O/c15-13-7-10(4-5-11(13)8-19)9-2-1-3-12(6-9)14(16,17)18/h1-7,19H,8H2. The number of hydrogen-bond donors (Lipinski definition) is 1. The number of aliphatic hydroxyl groups excluding tert-OH is 1. The molecule has 0 spiro atoms. The van der Waals surface area contributed by atoms with Crippen LogP contribution in [0.5, 0.6) is 0 Å². The molecule has 2 aromatic carbocycles. The van der Waals surface area contributed by atoms with E-state index >= 15 is 0 Å². The molecule has 0 heterocycles. The highest BCUT2D eigenvalue weighted by Gasteiger charge is 2.30. The molecule has 0 saturated carbocycles. The van der Waals surface area contributed by atoms with Crippen LogP contribution in [0.4, 0.5) is 17.6 Å². The van der Waals surface area contributed by atoms with Crippen molar-refractivity contribution in [3.63, 3.8) is 0 Å². The summed E-state index contributed by atoms with van der Waals surface area (Å²) in [7, 11) is 0. The third-order valence-electron chi connectivity index (χ3n) is 2.75. The topological polar surface area (TPSA) is 20.2 Å². The average molecular weight is 270 g/mol. The van der Waals surface area contributed by atoms with Crippen LogP contribution >= 0.6 is 0 Å². The Bertz CT molecular complexity index is 590. The van der Waals surface area contributed by atoms with Crippen LogP contribution < -0.4 is 0 Å². The molecule has 19 heavy (non-hydrogen) atoms. The van der Waals surface area contributed by atoms with Gasteiger partial charge in [-0.2, -0.15) is 13.2 Å². The largest absolute Gasteiger partial charge is 0.416 e. The lowest BCUT2D eigenvalue weighted by Crippen LogP contribution is -2.04. The second-order valence-corrected chi connectivity index (χ2v) is 4.04. The van der Waals surface area contributed by atoms with Crippen LogP contribution in [-0.2, 0) is 12.8 Å². The maximum absolute atomic E-state index is 13.5. The summed E-state index contributed by atoms with van der Waals surface area (Å²) < 4.78 is 51.2. The van der Waals surface area contributed by atoms with Gasteiger partial charge in [-0.05, 0) is 29.3 Å². The molecular weight excluding hydrogens is 260 g/mol. The second-order valence-electron chi connectivity index (χ2n) is 4.04. The van der Waals surface area contributed by atoms with Crippen LogP contribution in [0, 0.1) is 5.82 Å². The molecule has 0 aliphatic heterocycles. The maximum Gasteiger partial charge on any atom is 0.416 e. The molecule has 2 aromatic rings. The summed E-state index contributed by atoms with van der Waals surface area (Å²) in [4.78, 5) is 0. The number of alkyl halides is 3. The van der Waals surface area contributed by atoms with E-state index in [-0.39, 0.29) is 11.1 Å². The van der Waals surface area contributed by atoms with Crippen molar-refractivity contribution < 1.29 is 22.7 Å². The zero-order valence-electron chi connectivity index (χ0n) is 9.71. The summed E-state index contributed by atoms with van der Waals surface area (Å²) in [6.45, 7) is -0.450. The molecule has 0 amide bonds. The van der Waals surface area contributed by atoms with Gasteiger partial charge < -0.3 is 5.11 Å². The SMILES string of the molecule is OCc1ccc(-c2cccc(C(F)(F)F)c2)cc1F. The molecule has 0 aromatic heterocycles. The summed E-state index contributed by atoms with van der Waals surface area (Å²) in [5.74, 6) is -0.641. The van der Waals surface area contributed by atoms with E-state index in [0.29, 0.717) is 5.56 Å². The van der Waals surface area contributed by atoms with Gasteiger partial charge in [0, 0.05) is 5.56 Å². The summed E-state index contributed by atoms with van der Waals surface area (Å²) in [5, 5.41) is 8.84. The van der Waals surface area contributed by atoms with E-state index in [1.54, 1.807) is 0 Å². The quantitative estimate of drug-likeness (QED) is 0.818. The van der Waals surface area contributed by atoms with E-state index in [9.17, 15) is 17.6 Å². The Morgan fingerprint density at radius 3 is 2.21 bits per heavy atom. The van der Waals surface area contributed by atoms with Crippen LogP contribution in [-0.4, -0.2) is 5.11 Å². The fraction of sp³-hybridized carbons (Fsp3) is 0.143. The zero-order valence-corrected chi connectivity index (χ0v) is 9.71.